The van der Waals surface area contributed by atoms with Crippen molar-refractivity contribution in [2.24, 2.45) is 5.92 Å². The zero-order valence-electron chi connectivity index (χ0n) is 7.90. The molecule has 1 aliphatic carbocycles. The van der Waals surface area contributed by atoms with E-state index in [4.69, 9.17) is 0 Å². The Kier molecular flexibility index (Phi) is 2.43. The topological polar surface area (TPSA) is 37.8 Å². The molecule has 70 valence electrons. The van der Waals surface area contributed by atoms with Crippen LogP contribution in [0, 0.1) is 5.92 Å². The van der Waals surface area contributed by atoms with Gasteiger partial charge in [0.2, 0.25) is 0 Å². The monoisotopic (exact) mass is 177 g/mol. The maximum Gasteiger partial charge on any atom is 0.129 e. The molecule has 0 spiro atoms. The lowest BCUT2D eigenvalue weighted by Crippen LogP contribution is -2.22. The molecule has 2 rings (SSSR count). The molecule has 0 amide bonds. The zero-order chi connectivity index (χ0) is 9.10. The van der Waals surface area contributed by atoms with Gasteiger partial charge >= 0.3 is 0 Å². The van der Waals surface area contributed by atoms with Gasteiger partial charge in [-0.1, -0.05) is 13.3 Å². The Morgan fingerprint density at radius 1 is 1.46 bits per heavy atom. The van der Waals surface area contributed by atoms with Gasteiger partial charge in [0.1, 0.15) is 12.1 Å². The summed E-state index contributed by atoms with van der Waals surface area (Å²) in [6.07, 6.45) is 7.30. The van der Waals surface area contributed by atoms with Gasteiger partial charge in [0.05, 0.1) is 0 Å². The Morgan fingerprint density at radius 3 is 3.00 bits per heavy atom. The summed E-state index contributed by atoms with van der Waals surface area (Å²) in [5.74, 6) is 1.73. The van der Waals surface area contributed by atoms with Gasteiger partial charge in [-0.3, -0.25) is 0 Å². The van der Waals surface area contributed by atoms with Crippen molar-refractivity contribution in [1.29, 1.82) is 0 Å². The minimum atomic E-state index is 0.606. The molecule has 13 heavy (non-hydrogen) atoms. The lowest BCUT2D eigenvalue weighted by Gasteiger charge is -2.17. The van der Waals surface area contributed by atoms with E-state index in [0.29, 0.717) is 6.04 Å². The number of hydrogen-bond donors (Lipinski definition) is 1. The van der Waals surface area contributed by atoms with E-state index in [-0.39, 0.29) is 0 Å². The van der Waals surface area contributed by atoms with Crippen LogP contribution < -0.4 is 5.32 Å². The quantitative estimate of drug-likeness (QED) is 0.751. The first kappa shape index (κ1) is 8.48. The van der Waals surface area contributed by atoms with Gasteiger partial charge in [0.25, 0.3) is 0 Å². The van der Waals surface area contributed by atoms with Crippen LogP contribution in [0.5, 0.6) is 0 Å². The molecule has 0 radical (unpaired) electrons. The molecular formula is C10H15N3. The minimum absolute atomic E-state index is 0.606. The van der Waals surface area contributed by atoms with E-state index in [1.807, 2.05) is 6.07 Å². The van der Waals surface area contributed by atoms with Crippen LogP contribution in [0.4, 0.5) is 5.82 Å². The van der Waals surface area contributed by atoms with Gasteiger partial charge < -0.3 is 5.32 Å². The van der Waals surface area contributed by atoms with Gasteiger partial charge in [0.15, 0.2) is 0 Å². The van der Waals surface area contributed by atoms with Crippen LogP contribution in [0.1, 0.15) is 26.2 Å². The Hall–Kier alpha value is -1.12. The van der Waals surface area contributed by atoms with Gasteiger partial charge in [-0.15, -0.1) is 0 Å². The van der Waals surface area contributed by atoms with Crippen LogP contribution in [0.15, 0.2) is 18.6 Å². The molecule has 2 atom stereocenters. The first-order chi connectivity index (χ1) is 6.36. The van der Waals surface area contributed by atoms with Crippen molar-refractivity contribution in [2.75, 3.05) is 5.32 Å². The molecule has 1 aliphatic rings. The third kappa shape index (κ3) is 1.97. The van der Waals surface area contributed by atoms with Crippen molar-refractivity contribution < 1.29 is 0 Å². The van der Waals surface area contributed by atoms with Crippen LogP contribution >= 0.6 is 0 Å². The molecular weight excluding hydrogens is 162 g/mol. The van der Waals surface area contributed by atoms with E-state index in [1.165, 1.54) is 19.3 Å². The summed E-state index contributed by atoms with van der Waals surface area (Å²) >= 11 is 0. The fraction of sp³-hybridized carbons (Fsp3) is 0.600. The van der Waals surface area contributed by atoms with Crippen molar-refractivity contribution in [3.63, 3.8) is 0 Å². The van der Waals surface area contributed by atoms with Gasteiger partial charge in [0, 0.05) is 12.2 Å². The number of aromatic nitrogens is 2. The Labute approximate surface area is 78.6 Å². The Morgan fingerprint density at radius 2 is 2.38 bits per heavy atom. The highest BCUT2D eigenvalue weighted by atomic mass is 15.0. The van der Waals surface area contributed by atoms with Crippen LogP contribution in [0.25, 0.3) is 0 Å². The average Bonchev–Trinajstić information content (AvgIpc) is 2.54. The first-order valence-electron chi connectivity index (χ1n) is 4.89. The summed E-state index contributed by atoms with van der Waals surface area (Å²) in [7, 11) is 0. The van der Waals surface area contributed by atoms with Crippen LogP contribution in [-0.2, 0) is 0 Å². The van der Waals surface area contributed by atoms with Gasteiger partial charge in [-0.2, -0.15) is 0 Å². The standard InChI is InChI=1S/C10H15N3/c1-8-3-2-4-9(8)13-10-5-6-11-7-12-10/h5-9H,2-4H2,1H3,(H,11,12,13). The number of anilines is 1. The largest absolute Gasteiger partial charge is 0.367 e. The lowest BCUT2D eigenvalue weighted by molar-refractivity contribution is 0.555. The van der Waals surface area contributed by atoms with Crippen LogP contribution in [0.3, 0.4) is 0 Å². The maximum atomic E-state index is 4.15. The molecule has 1 N–H and O–H groups in total. The molecule has 0 aliphatic heterocycles. The third-order valence-electron chi connectivity index (χ3n) is 2.78. The SMILES string of the molecule is CC1CCCC1Nc1ccncn1. The molecule has 3 nitrogen and oxygen atoms in total. The van der Waals surface area contributed by atoms with E-state index in [9.17, 15) is 0 Å². The first-order valence-corrected chi connectivity index (χ1v) is 4.89. The highest BCUT2D eigenvalue weighted by Gasteiger charge is 2.22. The summed E-state index contributed by atoms with van der Waals surface area (Å²) in [4.78, 5) is 8.04. The second kappa shape index (κ2) is 3.73. The van der Waals surface area contributed by atoms with E-state index in [1.54, 1.807) is 12.5 Å². The Balaban J connectivity index is 1.98. The predicted octanol–water partition coefficient (Wildman–Crippen LogP) is 2.08. The summed E-state index contributed by atoms with van der Waals surface area (Å²) in [6, 6.07) is 2.53. The normalized spacial score (nSPS) is 27.5. The molecule has 1 aromatic heterocycles. The molecule has 0 bridgehead atoms. The molecule has 0 saturated heterocycles. The lowest BCUT2D eigenvalue weighted by atomic mass is 10.1. The number of hydrogen-bond acceptors (Lipinski definition) is 3. The van der Waals surface area contributed by atoms with Crippen molar-refractivity contribution in [3.05, 3.63) is 18.6 Å². The van der Waals surface area contributed by atoms with Gasteiger partial charge in [-0.05, 0) is 24.8 Å². The summed E-state index contributed by atoms with van der Waals surface area (Å²) < 4.78 is 0. The Bertz CT molecular complexity index is 260. The number of nitrogens with one attached hydrogen (secondary N) is 1. The fourth-order valence-electron chi connectivity index (χ4n) is 1.93. The molecule has 0 aromatic carbocycles. The van der Waals surface area contributed by atoms with Crippen molar-refractivity contribution in [1.82, 2.24) is 9.97 Å². The average molecular weight is 177 g/mol. The zero-order valence-corrected chi connectivity index (χ0v) is 7.90. The highest BCUT2D eigenvalue weighted by Crippen LogP contribution is 2.27. The van der Waals surface area contributed by atoms with Crippen molar-refractivity contribution in [2.45, 2.75) is 32.2 Å². The number of nitrogens with zero attached hydrogens (tertiary/aromatic N) is 2. The molecule has 1 aromatic rings. The molecule has 1 heterocycles. The van der Waals surface area contributed by atoms with E-state index in [2.05, 4.69) is 22.2 Å². The van der Waals surface area contributed by atoms with Gasteiger partial charge in [-0.25, -0.2) is 9.97 Å². The number of rotatable bonds is 2. The van der Waals surface area contributed by atoms with Crippen LogP contribution in [0.2, 0.25) is 0 Å². The summed E-state index contributed by atoms with van der Waals surface area (Å²) in [6.45, 7) is 2.30. The minimum Gasteiger partial charge on any atom is -0.367 e. The molecule has 1 saturated carbocycles. The highest BCUT2D eigenvalue weighted by molar-refractivity contribution is 5.33. The van der Waals surface area contributed by atoms with Crippen LogP contribution in [-0.4, -0.2) is 16.0 Å². The molecule has 3 heteroatoms. The van der Waals surface area contributed by atoms with E-state index < -0.39 is 0 Å². The smallest absolute Gasteiger partial charge is 0.129 e. The molecule has 1 fully saturated rings. The summed E-state index contributed by atoms with van der Waals surface area (Å²) in [5.41, 5.74) is 0. The fourth-order valence-corrected chi connectivity index (χ4v) is 1.93. The predicted molar refractivity (Wildman–Crippen MR) is 52.5 cm³/mol. The molecule has 2 unspecified atom stereocenters. The van der Waals surface area contributed by atoms with E-state index >= 15 is 0 Å². The second-order valence-electron chi connectivity index (χ2n) is 3.75. The third-order valence-corrected chi connectivity index (χ3v) is 2.78. The van der Waals surface area contributed by atoms with Crippen molar-refractivity contribution in [3.8, 4) is 0 Å². The van der Waals surface area contributed by atoms with Crippen molar-refractivity contribution >= 4 is 5.82 Å². The maximum absolute atomic E-state index is 4.15. The summed E-state index contributed by atoms with van der Waals surface area (Å²) in [5, 5.41) is 3.44. The van der Waals surface area contributed by atoms with E-state index in [0.717, 1.165) is 11.7 Å². The second-order valence-corrected chi connectivity index (χ2v) is 3.75.